The SMILES string of the molecule is CCNc1ccc(C)cc1C(=O)N1CCCC(C)(O)CC1. The van der Waals surface area contributed by atoms with Crippen molar-refractivity contribution in [1.29, 1.82) is 0 Å². The molecule has 4 heteroatoms. The summed E-state index contributed by atoms with van der Waals surface area (Å²) in [5.74, 6) is 0.0624. The number of nitrogens with one attached hydrogen (secondary N) is 1. The number of aryl methyl sites for hydroxylation is 1. The topological polar surface area (TPSA) is 52.6 Å². The van der Waals surface area contributed by atoms with Gasteiger partial charge in [0.1, 0.15) is 0 Å². The molecule has 1 atom stereocenters. The number of carbonyl (C=O) groups excluding carboxylic acids is 1. The molecule has 0 radical (unpaired) electrons. The van der Waals surface area contributed by atoms with Crippen LogP contribution in [0.4, 0.5) is 5.69 Å². The third-order valence-electron chi connectivity index (χ3n) is 4.12. The molecule has 1 aliphatic heterocycles. The average molecular weight is 290 g/mol. The zero-order valence-corrected chi connectivity index (χ0v) is 13.3. The van der Waals surface area contributed by atoms with Gasteiger partial charge < -0.3 is 15.3 Å². The molecule has 1 amide bonds. The lowest BCUT2D eigenvalue weighted by atomic mass is 9.98. The van der Waals surface area contributed by atoms with E-state index < -0.39 is 5.60 Å². The van der Waals surface area contributed by atoms with Gasteiger partial charge in [0.05, 0.1) is 11.2 Å². The Kier molecular flexibility index (Phi) is 4.88. The number of likely N-dealkylation sites (tertiary alicyclic amines) is 1. The molecule has 1 aromatic carbocycles. The zero-order valence-electron chi connectivity index (χ0n) is 13.3. The maximum Gasteiger partial charge on any atom is 0.255 e. The molecule has 21 heavy (non-hydrogen) atoms. The molecule has 1 heterocycles. The van der Waals surface area contributed by atoms with Gasteiger partial charge in [-0.3, -0.25) is 4.79 Å². The van der Waals surface area contributed by atoms with Crippen LogP contribution in [-0.4, -0.2) is 41.1 Å². The van der Waals surface area contributed by atoms with E-state index >= 15 is 0 Å². The fourth-order valence-electron chi connectivity index (χ4n) is 2.82. The van der Waals surface area contributed by atoms with Crippen LogP contribution in [0.5, 0.6) is 0 Å². The maximum atomic E-state index is 12.8. The van der Waals surface area contributed by atoms with Crippen LogP contribution in [-0.2, 0) is 0 Å². The van der Waals surface area contributed by atoms with Crippen LogP contribution in [0.15, 0.2) is 18.2 Å². The largest absolute Gasteiger partial charge is 0.390 e. The predicted octanol–water partition coefficient (Wildman–Crippen LogP) is 2.80. The lowest BCUT2D eigenvalue weighted by Gasteiger charge is -2.24. The van der Waals surface area contributed by atoms with Crippen molar-refractivity contribution in [3.8, 4) is 0 Å². The molecule has 0 aromatic heterocycles. The summed E-state index contributed by atoms with van der Waals surface area (Å²) < 4.78 is 0. The van der Waals surface area contributed by atoms with Gasteiger partial charge in [0.15, 0.2) is 0 Å². The first-order valence-electron chi connectivity index (χ1n) is 7.79. The van der Waals surface area contributed by atoms with E-state index in [1.54, 1.807) is 0 Å². The van der Waals surface area contributed by atoms with Crippen molar-refractivity contribution < 1.29 is 9.90 Å². The predicted molar refractivity (Wildman–Crippen MR) is 85.7 cm³/mol. The molecule has 1 fully saturated rings. The van der Waals surface area contributed by atoms with Crippen LogP contribution < -0.4 is 5.32 Å². The quantitative estimate of drug-likeness (QED) is 0.900. The fourth-order valence-corrected chi connectivity index (χ4v) is 2.82. The number of hydrogen-bond donors (Lipinski definition) is 2. The molecular weight excluding hydrogens is 264 g/mol. The van der Waals surface area contributed by atoms with Gasteiger partial charge in [0.2, 0.25) is 0 Å². The maximum absolute atomic E-state index is 12.8. The smallest absolute Gasteiger partial charge is 0.255 e. The van der Waals surface area contributed by atoms with Crippen LogP contribution in [0.2, 0.25) is 0 Å². The van der Waals surface area contributed by atoms with Crippen LogP contribution in [0.1, 0.15) is 49.0 Å². The lowest BCUT2D eigenvalue weighted by molar-refractivity contribution is 0.0438. The Labute approximate surface area is 127 Å². The van der Waals surface area contributed by atoms with Crippen LogP contribution in [0.25, 0.3) is 0 Å². The van der Waals surface area contributed by atoms with Gasteiger partial charge in [-0.25, -0.2) is 0 Å². The van der Waals surface area contributed by atoms with E-state index in [-0.39, 0.29) is 5.91 Å². The Bertz CT molecular complexity index is 512. The van der Waals surface area contributed by atoms with Crippen molar-refractivity contribution in [2.24, 2.45) is 0 Å². The third-order valence-corrected chi connectivity index (χ3v) is 4.12. The Balaban J connectivity index is 2.21. The van der Waals surface area contributed by atoms with Crippen molar-refractivity contribution in [1.82, 2.24) is 4.90 Å². The number of nitrogens with zero attached hydrogens (tertiary/aromatic N) is 1. The zero-order chi connectivity index (χ0) is 15.5. The van der Waals surface area contributed by atoms with Gasteiger partial charge in [0.25, 0.3) is 5.91 Å². The lowest BCUT2D eigenvalue weighted by Crippen LogP contribution is -2.34. The van der Waals surface area contributed by atoms with E-state index in [2.05, 4.69) is 5.32 Å². The van der Waals surface area contributed by atoms with E-state index in [1.807, 2.05) is 43.9 Å². The molecule has 0 aliphatic carbocycles. The first kappa shape index (κ1) is 15.8. The highest BCUT2D eigenvalue weighted by molar-refractivity contribution is 5.99. The van der Waals surface area contributed by atoms with Crippen LogP contribution >= 0.6 is 0 Å². The molecule has 1 aliphatic rings. The minimum Gasteiger partial charge on any atom is -0.390 e. The minimum atomic E-state index is -0.647. The van der Waals surface area contributed by atoms with E-state index in [0.29, 0.717) is 19.5 Å². The number of benzene rings is 1. The summed E-state index contributed by atoms with van der Waals surface area (Å²) in [6.45, 7) is 8.01. The second-order valence-corrected chi connectivity index (χ2v) is 6.22. The van der Waals surface area contributed by atoms with Gasteiger partial charge >= 0.3 is 0 Å². The molecule has 0 bridgehead atoms. The molecular formula is C17H26N2O2. The number of anilines is 1. The van der Waals surface area contributed by atoms with Crippen molar-refractivity contribution in [3.63, 3.8) is 0 Å². The molecule has 0 saturated carbocycles. The second kappa shape index (κ2) is 6.48. The second-order valence-electron chi connectivity index (χ2n) is 6.22. The van der Waals surface area contributed by atoms with E-state index in [1.165, 1.54) is 0 Å². The van der Waals surface area contributed by atoms with Crippen molar-refractivity contribution in [2.45, 2.75) is 45.6 Å². The van der Waals surface area contributed by atoms with Crippen LogP contribution in [0.3, 0.4) is 0 Å². The van der Waals surface area contributed by atoms with E-state index in [4.69, 9.17) is 0 Å². The summed E-state index contributed by atoms with van der Waals surface area (Å²) in [6, 6.07) is 5.94. The summed E-state index contributed by atoms with van der Waals surface area (Å²) in [5, 5.41) is 13.4. The average Bonchev–Trinajstić information content (AvgIpc) is 2.61. The summed E-state index contributed by atoms with van der Waals surface area (Å²) in [7, 11) is 0. The summed E-state index contributed by atoms with van der Waals surface area (Å²) in [6.07, 6.45) is 2.24. The number of rotatable bonds is 3. The van der Waals surface area contributed by atoms with Crippen LogP contribution in [0, 0.1) is 6.92 Å². The number of carbonyl (C=O) groups is 1. The van der Waals surface area contributed by atoms with Crippen molar-refractivity contribution in [3.05, 3.63) is 29.3 Å². The molecule has 0 spiro atoms. The Morgan fingerprint density at radius 2 is 2.14 bits per heavy atom. The third kappa shape index (κ3) is 3.97. The normalized spacial score (nSPS) is 22.8. The minimum absolute atomic E-state index is 0.0624. The summed E-state index contributed by atoms with van der Waals surface area (Å²) in [5.41, 5.74) is 2.07. The molecule has 2 N–H and O–H groups in total. The molecule has 1 saturated heterocycles. The molecule has 116 valence electrons. The Morgan fingerprint density at radius 3 is 2.86 bits per heavy atom. The standard InChI is InChI=1S/C17H26N2O2/c1-4-18-15-7-6-13(2)12-14(15)16(20)19-10-5-8-17(3,21)9-11-19/h6-7,12,18,21H,4-5,8-11H2,1-3H3. The molecule has 4 nitrogen and oxygen atoms in total. The van der Waals surface area contributed by atoms with E-state index in [9.17, 15) is 9.90 Å². The Morgan fingerprint density at radius 1 is 1.38 bits per heavy atom. The molecule has 1 aromatic rings. The first-order chi connectivity index (χ1) is 9.93. The highest BCUT2D eigenvalue weighted by Crippen LogP contribution is 2.25. The van der Waals surface area contributed by atoms with Gasteiger partial charge in [-0.2, -0.15) is 0 Å². The van der Waals surface area contributed by atoms with Crippen molar-refractivity contribution >= 4 is 11.6 Å². The number of hydrogen-bond acceptors (Lipinski definition) is 3. The highest BCUT2D eigenvalue weighted by atomic mass is 16.3. The fraction of sp³-hybridized carbons (Fsp3) is 0.588. The van der Waals surface area contributed by atoms with Gasteiger partial charge in [-0.15, -0.1) is 0 Å². The molecule has 2 rings (SSSR count). The summed E-state index contributed by atoms with van der Waals surface area (Å²) in [4.78, 5) is 14.7. The number of aliphatic hydroxyl groups is 1. The van der Waals surface area contributed by atoms with Crippen molar-refractivity contribution in [2.75, 3.05) is 25.0 Å². The monoisotopic (exact) mass is 290 g/mol. The van der Waals surface area contributed by atoms with Gasteiger partial charge in [0, 0.05) is 25.3 Å². The highest BCUT2D eigenvalue weighted by Gasteiger charge is 2.28. The molecule has 1 unspecified atom stereocenters. The van der Waals surface area contributed by atoms with Gasteiger partial charge in [-0.1, -0.05) is 11.6 Å². The van der Waals surface area contributed by atoms with E-state index in [0.717, 1.165) is 36.2 Å². The first-order valence-corrected chi connectivity index (χ1v) is 7.79. The van der Waals surface area contributed by atoms with Gasteiger partial charge in [-0.05, 0) is 52.2 Å². The number of amides is 1. The Hall–Kier alpha value is -1.55. The summed E-state index contributed by atoms with van der Waals surface area (Å²) >= 11 is 0.